The number of halogens is 1. The summed E-state index contributed by atoms with van der Waals surface area (Å²) in [5, 5.41) is 0.653. The van der Waals surface area contributed by atoms with Crippen molar-refractivity contribution in [3.63, 3.8) is 0 Å². The molecule has 0 bridgehead atoms. The van der Waals surface area contributed by atoms with Crippen molar-refractivity contribution < 1.29 is 13.7 Å². The highest BCUT2D eigenvalue weighted by atomic mass is 35.5. The lowest BCUT2D eigenvalue weighted by Crippen LogP contribution is -2.17. The van der Waals surface area contributed by atoms with Crippen LogP contribution in [0.5, 0.6) is 11.5 Å². The lowest BCUT2D eigenvalue weighted by Gasteiger charge is -2.20. The van der Waals surface area contributed by atoms with Gasteiger partial charge in [0.05, 0.1) is 11.5 Å². The first-order chi connectivity index (χ1) is 10.2. The van der Waals surface area contributed by atoms with Gasteiger partial charge < -0.3 is 9.47 Å². The fourth-order valence-corrected chi connectivity index (χ4v) is 3.82. The van der Waals surface area contributed by atoms with E-state index in [1.54, 1.807) is 0 Å². The molecule has 2 aromatic rings. The van der Waals surface area contributed by atoms with E-state index >= 15 is 0 Å². The van der Waals surface area contributed by atoms with Gasteiger partial charge in [-0.05, 0) is 17.7 Å². The van der Waals surface area contributed by atoms with Gasteiger partial charge in [0.15, 0.2) is 11.5 Å². The number of rotatable bonds is 4. The van der Waals surface area contributed by atoms with E-state index in [1.807, 2.05) is 42.5 Å². The summed E-state index contributed by atoms with van der Waals surface area (Å²) in [7, 11) is -1.05. The minimum absolute atomic E-state index is 0.428. The Bertz CT molecular complexity index is 672. The van der Waals surface area contributed by atoms with Crippen LogP contribution in [0.3, 0.4) is 0 Å². The second kappa shape index (κ2) is 6.50. The molecule has 0 radical (unpaired) electrons. The predicted molar refractivity (Wildman–Crippen MR) is 84.4 cm³/mol. The molecule has 110 valence electrons. The van der Waals surface area contributed by atoms with Crippen LogP contribution in [0.4, 0.5) is 0 Å². The summed E-state index contributed by atoms with van der Waals surface area (Å²) in [4.78, 5) is 0. The van der Waals surface area contributed by atoms with Gasteiger partial charge in [-0.2, -0.15) is 0 Å². The van der Waals surface area contributed by atoms with Gasteiger partial charge in [-0.25, -0.2) is 0 Å². The molecular weight excluding hydrogens is 308 g/mol. The smallest absolute Gasteiger partial charge is 0.165 e. The summed E-state index contributed by atoms with van der Waals surface area (Å²) in [6, 6.07) is 13.2. The average molecular weight is 323 g/mol. The second-order valence-corrected chi connectivity index (χ2v) is 6.63. The van der Waals surface area contributed by atoms with Gasteiger partial charge in [0.2, 0.25) is 0 Å². The molecule has 0 saturated heterocycles. The first-order valence-corrected chi connectivity index (χ1v) is 8.56. The molecule has 0 aromatic heterocycles. The summed E-state index contributed by atoms with van der Waals surface area (Å²) in [5.74, 6) is 2.31. The molecule has 0 unspecified atom stereocenters. The van der Waals surface area contributed by atoms with Gasteiger partial charge in [0.25, 0.3) is 0 Å². The molecule has 0 saturated carbocycles. The molecule has 3 rings (SSSR count). The van der Waals surface area contributed by atoms with Crippen LogP contribution < -0.4 is 9.47 Å². The molecule has 0 amide bonds. The summed E-state index contributed by atoms with van der Waals surface area (Å²) in [5.41, 5.74) is 1.82. The van der Waals surface area contributed by atoms with Crippen LogP contribution in [0, 0.1) is 0 Å². The highest BCUT2D eigenvalue weighted by Gasteiger charge is 2.17. The van der Waals surface area contributed by atoms with Crippen molar-refractivity contribution in [2.24, 2.45) is 0 Å². The molecule has 21 heavy (non-hydrogen) atoms. The number of hydrogen-bond acceptors (Lipinski definition) is 3. The van der Waals surface area contributed by atoms with Crippen molar-refractivity contribution >= 4 is 22.4 Å². The fourth-order valence-electron chi connectivity index (χ4n) is 2.26. The van der Waals surface area contributed by atoms with Gasteiger partial charge in [0, 0.05) is 21.4 Å². The average Bonchev–Trinajstić information content (AvgIpc) is 2.50. The van der Waals surface area contributed by atoms with Crippen LogP contribution in [0.1, 0.15) is 11.1 Å². The zero-order valence-corrected chi connectivity index (χ0v) is 13.0. The Kier molecular flexibility index (Phi) is 4.46. The SMILES string of the molecule is O=[S@](Cc1ccccc1Cl)Cc1cccc2c1OCCO2. The van der Waals surface area contributed by atoms with E-state index in [2.05, 4.69) is 0 Å². The van der Waals surface area contributed by atoms with Crippen molar-refractivity contribution in [2.45, 2.75) is 11.5 Å². The summed E-state index contributed by atoms with van der Waals surface area (Å²) >= 11 is 6.11. The molecule has 0 aliphatic carbocycles. The number of para-hydroxylation sites is 1. The summed E-state index contributed by atoms with van der Waals surface area (Å²) < 4.78 is 23.6. The molecule has 0 fully saturated rings. The Balaban J connectivity index is 1.75. The standard InChI is InChI=1S/C16H15ClO3S/c17-14-6-2-1-4-12(14)10-21(18)11-13-5-3-7-15-16(13)20-9-8-19-15/h1-7H,8-11H2/t21-/m1/s1. The summed E-state index contributed by atoms with van der Waals surface area (Å²) in [6.45, 7) is 1.08. The van der Waals surface area contributed by atoms with E-state index in [0.717, 1.165) is 22.6 Å². The zero-order chi connectivity index (χ0) is 14.7. The Morgan fingerprint density at radius 2 is 1.67 bits per heavy atom. The third-order valence-electron chi connectivity index (χ3n) is 3.24. The Hall–Kier alpha value is -1.52. The molecule has 3 nitrogen and oxygen atoms in total. The quantitative estimate of drug-likeness (QED) is 0.863. The van der Waals surface area contributed by atoms with E-state index in [-0.39, 0.29) is 0 Å². The van der Waals surface area contributed by atoms with Crippen molar-refractivity contribution in [3.05, 3.63) is 58.6 Å². The number of fused-ring (bicyclic) bond motifs is 1. The van der Waals surface area contributed by atoms with Crippen LogP contribution in [0.25, 0.3) is 0 Å². The van der Waals surface area contributed by atoms with Crippen molar-refractivity contribution in [1.29, 1.82) is 0 Å². The Labute approximate surface area is 131 Å². The zero-order valence-electron chi connectivity index (χ0n) is 11.4. The van der Waals surface area contributed by atoms with E-state index in [0.29, 0.717) is 29.7 Å². The molecular formula is C16H15ClO3S. The lowest BCUT2D eigenvalue weighted by molar-refractivity contribution is 0.170. The third-order valence-corrected chi connectivity index (χ3v) is 4.87. The van der Waals surface area contributed by atoms with Gasteiger partial charge in [-0.1, -0.05) is 41.9 Å². The fraction of sp³-hybridized carbons (Fsp3) is 0.250. The number of ether oxygens (including phenoxy) is 2. The van der Waals surface area contributed by atoms with E-state index in [4.69, 9.17) is 21.1 Å². The maximum atomic E-state index is 12.4. The number of benzene rings is 2. The van der Waals surface area contributed by atoms with Crippen LogP contribution in [0.2, 0.25) is 5.02 Å². The summed E-state index contributed by atoms with van der Waals surface area (Å²) in [6.07, 6.45) is 0. The number of hydrogen-bond donors (Lipinski definition) is 0. The Morgan fingerprint density at radius 3 is 2.52 bits per heavy atom. The minimum atomic E-state index is -1.05. The second-order valence-electron chi connectivity index (χ2n) is 4.76. The first kappa shape index (κ1) is 14.4. The molecule has 5 heteroatoms. The molecule has 2 aromatic carbocycles. The van der Waals surface area contributed by atoms with E-state index in [9.17, 15) is 4.21 Å². The predicted octanol–water partition coefficient (Wildman–Crippen LogP) is 3.56. The van der Waals surface area contributed by atoms with Crippen molar-refractivity contribution in [2.75, 3.05) is 13.2 Å². The molecule has 1 aliphatic rings. The van der Waals surface area contributed by atoms with Gasteiger partial charge in [-0.3, -0.25) is 4.21 Å². The molecule has 1 heterocycles. The van der Waals surface area contributed by atoms with Crippen molar-refractivity contribution in [1.82, 2.24) is 0 Å². The Morgan fingerprint density at radius 1 is 0.952 bits per heavy atom. The topological polar surface area (TPSA) is 35.5 Å². The lowest BCUT2D eigenvalue weighted by atomic mass is 10.2. The van der Waals surface area contributed by atoms with Crippen LogP contribution in [-0.4, -0.2) is 17.4 Å². The third kappa shape index (κ3) is 3.39. The van der Waals surface area contributed by atoms with Gasteiger partial charge >= 0.3 is 0 Å². The monoisotopic (exact) mass is 322 g/mol. The minimum Gasteiger partial charge on any atom is -0.486 e. The normalized spacial score (nSPS) is 14.7. The largest absolute Gasteiger partial charge is 0.486 e. The van der Waals surface area contributed by atoms with Crippen molar-refractivity contribution in [3.8, 4) is 11.5 Å². The first-order valence-electron chi connectivity index (χ1n) is 6.70. The molecule has 1 aliphatic heterocycles. The maximum Gasteiger partial charge on any atom is 0.165 e. The van der Waals surface area contributed by atoms with Gasteiger partial charge in [0.1, 0.15) is 13.2 Å². The van der Waals surface area contributed by atoms with Crippen LogP contribution in [0.15, 0.2) is 42.5 Å². The molecule has 0 spiro atoms. The van der Waals surface area contributed by atoms with Gasteiger partial charge in [-0.15, -0.1) is 0 Å². The molecule has 0 N–H and O–H groups in total. The molecule has 1 atom stereocenters. The van der Waals surface area contributed by atoms with E-state index in [1.165, 1.54) is 0 Å². The maximum absolute atomic E-state index is 12.4. The van der Waals surface area contributed by atoms with Crippen LogP contribution >= 0.6 is 11.6 Å². The van der Waals surface area contributed by atoms with E-state index < -0.39 is 10.8 Å². The van der Waals surface area contributed by atoms with Crippen LogP contribution in [-0.2, 0) is 22.3 Å². The highest BCUT2D eigenvalue weighted by molar-refractivity contribution is 7.83. The highest BCUT2D eigenvalue weighted by Crippen LogP contribution is 2.34.